The zero-order chi connectivity index (χ0) is 29.0. The predicted octanol–water partition coefficient (Wildman–Crippen LogP) is 5.94. The maximum absolute atomic E-state index is 14.2. The van der Waals surface area contributed by atoms with Gasteiger partial charge in [0.05, 0.1) is 0 Å². The van der Waals surface area contributed by atoms with Crippen LogP contribution >= 0.6 is 11.8 Å². The van der Waals surface area contributed by atoms with Crippen molar-refractivity contribution >= 4 is 29.7 Å². The van der Waals surface area contributed by atoms with E-state index in [1.807, 2.05) is 75.6 Å². The predicted molar refractivity (Wildman–Crippen MR) is 160 cm³/mol. The van der Waals surface area contributed by atoms with Crippen LogP contribution in [0.1, 0.15) is 75.3 Å². The summed E-state index contributed by atoms with van der Waals surface area (Å²) < 4.78 is 5.46. The second kappa shape index (κ2) is 15.6. The Morgan fingerprint density at radius 2 is 1.67 bits per heavy atom. The van der Waals surface area contributed by atoms with Gasteiger partial charge < -0.3 is 20.3 Å². The number of aryl methyl sites for hydroxylation is 2. The van der Waals surface area contributed by atoms with Crippen LogP contribution in [-0.4, -0.2) is 53.0 Å². The molecule has 7 nitrogen and oxygen atoms in total. The van der Waals surface area contributed by atoms with Gasteiger partial charge in [0, 0.05) is 13.1 Å². The van der Waals surface area contributed by atoms with Gasteiger partial charge in [0.2, 0.25) is 11.8 Å². The van der Waals surface area contributed by atoms with Gasteiger partial charge in [-0.25, -0.2) is 4.79 Å². The number of benzene rings is 2. The first-order chi connectivity index (χ1) is 18.4. The largest absolute Gasteiger partial charge is 0.444 e. The molecule has 2 rings (SSSR count). The Kier molecular flexibility index (Phi) is 12.8. The summed E-state index contributed by atoms with van der Waals surface area (Å²) in [5, 5.41) is 5.85. The molecule has 214 valence electrons. The van der Waals surface area contributed by atoms with Gasteiger partial charge in [-0.1, -0.05) is 73.0 Å². The molecule has 0 saturated heterocycles. The number of unbranched alkanes of at least 4 members (excludes halogenated alkanes) is 1. The highest BCUT2D eigenvalue weighted by atomic mass is 32.2. The number of ether oxygens (including phenoxy) is 1. The van der Waals surface area contributed by atoms with Gasteiger partial charge in [-0.3, -0.25) is 9.59 Å². The SMILES string of the molecule is CCCCN(C(=O)C(CCSC)NC(=O)OC(C)(C)C)C(C(=O)NCc1ccccc1)c1cc(C)cc(C)c1. The number of alkyl carbamates (subject to hydrolysis) is 1. The molecule has 0 aromatic heterocycles. The van der Waals surface area contributed by atoms with Gasteiger partial charge in [-0.2, -0.15) is 11.8 Å². The van der Waals surface area contributed by atoms with Crippen LogP contribution in [0.4, 0.5) is 4.79 Å². The zero-order valence-electron chi connectivity index (χ0n) is 24.5. The van der Waals surface area contributed by atoms with Crippen LogP contribution in [0.2, 0.25) is 0 Å². The highest BCUT2D eigenvalue weighted by molar-refractivity contribution is 7.98. The lowest BCUT2D eigenvalue weighted by atomic mass is 9.98. The first kappa shape index (κ1) is 32.2. The molecule has 2 aromatic rings. The maximum atomic E-state index is 14.2. The van der Waals surface area contributed by atoms with E-state index >= 15 is 0 Å². The van der Waals surface area contributed by atoms with Crippen LogP contribution in [-0.2, 0) is 20.9 Å². The highest BCUT2D eigenvalue weighted by Crippen LogP contribution is 2.26. The molecule has 2 atom stereocenters. The van der Waals surface area contributed by atoms with Crippen molar-refractivity contribution in [2.75, 3.05) is 18.6 Å². The molecule has 0 aliphatic rings. The second-order valence-corrected chi connectivity index (χ2v) is 11.9. The molecule has 2 aromatic carbocycles. The molecular formula is C31H45N3O4S. The minimum absolute atomic E-state index is 0.255. The number of rotatable bonds is 13. The van der Waals surface area contributed by atoms with Crippen molar-refractivity contribution in [2.45, 2.75) is 85.0 Å². The van der Waals surface area contributed by atoms with E-state index < -0.39 is 23.8 Å². The second-order valence-electron chi connectivity index (χ2n) is 10.9. The average Bonchev–Trinajstić information content (AvgIpc) is 2.86. The minimum Gasteiger partial charge on any atom is -0.444 e. The van der Waals surface area contributed by atoms with E-state index in [4.69, 9.17) is 4.74 Å². The molecule has 0 aliphatic heterocycles. The molecule has 8 heteroatoms. The van der Waals surface area contributed by atoms with E-state index in [2.05, 4.69) is 10.6 Å². The van der Waals surface area contributed by atoms with Gasteiger partial charge >= 0.3 is 6.09 Å². The summed E-state index contributed by atoms with van der Waals surface area (Å²) in [4.78, 5) is 42.4. The normalized spacial score (nSPS) is 12.8. The monoisotopic (exact) mass is 555 g/mol. The molecule has 2 N–H and O–H groups in total. The zero-order valence-corrected chi connectivity index (χ0v) is 25.3. The molecule has 2 unspecified atom stereocenters. The van der Waals surface area contributed by atoms with Crippen LogP contribution in [0.5, 0.6) is 0 Å². The molecule has 0 bridgehead atoms. The lowest BCUT2D eigenvalue weighted by Gasteiger charge is -2.35. The third-order valence-corrected chi connectivity index (χ3v) is 6.71. The fourth-order valence-corrected chi connectivity index (χ4v) is 4.83. The third kappa shape index (κ3) is 10.9. The molecule has 3 amide bonds. The van der Waals surface area contributed by atoms with E-state index in [1.54, 1.807) is 37.4 Å². The Morgan fingerprint density at radius 1 is 1.03 bits per heavy atom. The summed E-state index contributed by atoms with van der Waals surface area (Å²) in [5.74, 6) is 0.124. The first-order valence-corrected chi connectivity index (χ1v) is 15.0. The molecule has 39 heavy (non-hydrogen) atoms. The summed E-state index contributed by atoms with van der Waals surface area (Å²) in [6, 6.07) is 14.0. The topological polar surface area (TPSA) is 87.7 Å². The van der Waals surface area contributed by atoms with Gasteiger partial charge in [-0.05, 0) is 70.6 Å². The molecule has 0 heterocycles. The lowest BCUT2D eigenvalue weighted by molar-refractivity contribution is -0.142. The molecular weight excluding hydrogens is 510 g/mol. The number of carbonyl (C=O) groups excluding carboxylic acids is 3. The Hall–Kier alpha value is -3.00. The fraction of sp³-hybridized carbons (Fsp3) is 0.516. The average molecular weight is 556 g/mol. The Labute approximate surface area is 238 Å². The standard InChI is InChI=1S/C31H45N3O4S/c1-8-9-16-34(29(36)26(15-17-39-7)33-30(37)38-31(4,5)6)27(25-19-22(2)18-23(3)20-25)28(35)32-21-24-13-11-10-12-14-24/h10-14,18-20,26-27H,8-9,15-17,21H2,1-7H3,(H,32,35)(H,33,37). The molecule has 0 saturated carbocycles. The smallest absolute Gasteiger partial charge is 0.408 e. The van der Waals surface area contributed by atoms with Gasteiger partial charge in [-0.15, -0.1) is 0 Å². The summed E-state index contributed by atoms with van der Waals surface area (Å²) >= 11 is 1.60. The summed E-state index contributed by atoms with van der Waals surface area (Å²) in [6.07, 6.45) is 3.31. The van der Waals surface area contributed by atoms with Crippen LogP contribution in [0.15, 0.2) is 48.5 Å². The number of hydrogen-bond donors (Lipinski definition) is 2. The Bertz CT molecular complexity index is 1060. The number of thioether (sulfide) groups is 1. The van der Waals surface area contributed by atoms with Crippen molar-refractivity contribution in [3.8, 4) is 0 Å². The van der Waals surface area contributed by atoms with Crippen LogP contribution in [0.3, 0.4) is 0 Å². The van der Waals surface area contributed by atoms with E-state index in [9.17, 15) is 14.4 Å². The van der Waals surface area contributed by atoms with E-state index in [-0.39, 0.29) is 11.8 Å². The van der Waals surface area contributed by atoms with Gasteiger partial charge in [0.15, 0.2) is 0 Å². The van der Waals surface area contributed by atoms with Gasteiger partial charge in [0.25, 0.3) is 0 Å². The number of hydrogen-bond acceptors (Lipinski definition) is 5. The lowest BCUT2D eigenvalue weighted by Crippen LogP contribution is -2.53. The van der Waals surface area contributed by atoms with E-state index in [0.717, 1.165) is 35.1 Å². The van der Waals surface area contributed by atoms with Crippen molar-refractivity contribution in [3.05, 3.63) is 70.8 Å². The number of carbonyl (C=O) groups is 3. The summed E-state index contributed by atoms with van der Waals surface area (Å²) in [5.41, 5.74) is 3.06. The maximum Gasteiger partial charge on any atom is 0.408 e. The summed E-state index contributed by atoms with van der Waals surface area (Å²) in [6.45, 7) is 12.1. The van der Waals surface area contributed by atoms with Crippen molar-refractivity contribution < 1.29 is 19.1 Å². The van der Waals surface area contributed by atoms with Gasteiger partial charge in [0.1, 0.15) is 17.7 Å². The molecule has 0 spiro atoms. The molecule has 0 radical (unpaired) electrons. The molecule has 0 fully saturated rings. The van der Waals surface area contributed by atoms with E-state index in [1.165, 1.54) is 0 Å². The number of nitrogens with zero attached hydrogens (tertiary/aromatic N) is 1. The minimum atomic E-state index is -0.844. The van der Waals surface area contributed by atoms with Crippen molar-refractivity contribution in [2.24, 2.45) is 0 Å². The summed E-state index contributed by atoms with van der Waals surface area (Å²) in [7, 11) is 0. The van der Waals surface area contributed by atoms with Crippen molar-refractivity contribution in [1.82, 2.24) is 15.5 Å². The van der Waals surface area contributed by atoms with Crippen molar-refractivity contribution in [1.29, 1.82) is 0 Å². The quantitative estimate of drug-likeness (QED) is 0.320. The number of nitrogens with one attached hydrogen (secondary N) is 2. The Balaban J connectivity index is 2.48. The fourth-order valence-electron chi connectivity index (χ4n) is 4.36. The van der Waals surface area contributed by atoms with Crippen LogP contribution in [0.25, 0.3) is 0 Å². The van der Waals surface area contributed by atoms with Crippen molar-refractivity contribution in [3.63, 3.8) is 0 Å². The highest BCUT2D eigenvalue weighted by Gasteiger charge is 2.36. The Morgan fingerprint density at radius 3 is 2.23 bits per heavy atom. The van der Waals surface area contributed by atoms with Crippen LogP contribution in [0, 0.1) is 13.8 Å². The van der Waals surface area contributed by atoms with Crippen LogP contribution < -0.4 is 10.6 Å². The number of amides is 3. The molecule has 0 aliphatic carbocycles. The van der Waals surface area contributed by atoms with E-state index in [0.29, 0.717) is 25.3 Å². The third-order valence-electron chi connectivity index (χ3n) is 6.06. The first-order valence-electron chi connectivity index (χ1n) is 13.6.